The lowest BCUT2D eigenvalue weighted by atomic mass is 9.94. The van der Waals surface area contributed by atoms with Gasteiger partial charge in [-0.15, -0.1) is 0 Å². The molecule has 2 aromatic carbocycles. The molecular weight excluding hydrogens is 297 g/mol. The normalized spacial score (nSPS) is 13.2. The molecule has 5 heteroatoms. The molecule has 120 valence electrons. The molecule has 0 heterocycles. The largest absolute Gasteiger partial charge is 0.455 e. The first kappa shape index (κ1) is 16.8. The number of Topliss-reactive ketones (excluding diaryl/α,β-unsaturated/α-hetero) is 1. The zero-order valence-corrected chi connectivity index (χ0v) is 13.0. The fourth-order valence-electron chi connectivity index (χ4n) is 2.36. The summed E-state index contributed by atoms with van der Waals surface area (Å²) in [5.74, 6) is -1.12. The third kappa shape index (κ3) is 4.23. The summed E-state index contributed by atoms with van der Waals surface area (Å²) in [4.78, 5) is 24.1. The van der Waals surface area contributed by atoms with Crippen molar-refractivity contribution in [3.05, 3.63) is 71.5 Å². The van der Waals surface area contributed by atoms with E-state index < -0.39 is 23.9 Å². The molecule has 0 aromatic heterocycles. The number of rotatable bonds is 6. The van der Waals surface area contributed by atoms with Gasteiger partial charge in [0, 0.05) is 12.5 Å². The van der Waals surface area contributed by atoms with Crippen LogP contribution in [-0.4, -0.2) is 24.8 Å². The minimum absolute atomic E-state index is 0.205. The highest BCUT2D eigenvalue weighted by molar-refractivity contribution is 6.00. The molecule has 0 saturated carbocycles. The fraction of sp³-hybridized carbons (Fsp3) is 0.222. The van der Waals surface area contributed by atoms with Gasteiger partial charge in [-0.2, -0.15) is 0 Å². The van der Waals surface area contributed by atoms with E-state index in [1.165, 1.54) is 31.2 Å². The van der Waals surface area contributed by atoms with Crippen LogP contribution in [0, 0.1) is 5.82 Å². The maximum atomic E-state index is 13.1. The first-order chi connectivity index (χ1) is 11.0. The molecule has 0 aliphatic heterocycles. The quantitative estimate of drug-likeness (QED) is 0.658. The summed E-state index contributed by atoms with van der Waals surface area (Å²) in [7, 11) is 1.62. The van der Waals surface area contributed by atoms with E-state index >= 15 is 0 Å². The summed E-state index contributed by atoms with van der Waals surface area (Å²) < 4.78 is 18.5. The van der Waals surface area contributed by atoms with Gasteiger partial charge in [-0.25, -0.2) is 4.39 Å². The Morgan fingerprint density at radius 1 is 1.04 bits per heavy atom. The predicted octanol–water partition coefficient (Wildman–Crippen LogP) is 2.90. The number of ether oxygens (including phenoxy) is 1. The molecule has 0 saturated heterocycles. The zero-order chi connectivity index (χ0) is 16.8. The lowest BCUT2D eigenvalue weighted by Crippen LogP contribution is -2.41. The number of benzene rings is 2. The van der Waals surface area contributed by atoms with E-state index in [4.69, 9.17) is 4.74 Å². The van der Waals surface area contributed by atoms with E-state index in [0.29, 0.717) is 11.1 Å². The van der Waals surface area contributed by atoms with Crippen LogP contribution in [0.4, 0.5) is 4.39 Å². The molecule has 0 aliphatic rings. The standard InChI is InChI=1S/C18H18FNO3/c1-12(21)23-18(14-8-10-15(19)11-9-14)16(20-2)17(22)13-6-4-3-5-7-13/h3-11,16,18,20H,1-2H3/t16-,18-/m0/s1. The Hall–Kier alpha value is -2.53. The van der Waals surface area contributed by atoms with Gasteiger partial charge in [0.1, 0.15) is 18.0 Å². The highest BCUT2D eigenvalue weighted by Crippen LogP contribution is 2.24. The second-order valence-electron chi connectivity index (χ2n) is 5.08. The molecule has 0 amide bonds. The molecule has 2 aromatic rings. The van der Waals surface area contributed by atoms with Gasteiger partial charge in [-0.3, -0.25) is 9.59 Å². The fourth-order valence-corrected chi connectivity index (χ4v) is 2.36. The average Bonchev–Trinajstić information content (AvgIpc) is 2.55. The molecule has 1 N–H and O–H groups in total. The van der Waals surface area contributed by atoms with Crippen molar-refractivity contribution in [2.24, 2.45) is 0 Å². The summed E-state index contributed by atoms with van der Waals surface area (Å²) in [6, 6.07) is 13.5. The molecule has 0 bridgehead atoms. The zero-order valence-electron chi connectivity index (χ0n) is 13.0. The Morgan fingerprint density at radius 3 is 2.17 bits per heavy atom. The van der Waals surface area contributed by atoms with Crippen molar-refractivity contribution >= 4 is 11.8 Å². The summed E-state index contributed by atoms with van der Waals surface area (Å²) in [5.41, 5.74) is 1.05. The first-order valence-electron chi connectivity index (χ1n) is 7.22. The number of carbonyl (C=O) groups is 2. The molecular formula is C18H18FNO3. The van der Waals surface area contributed by atoms with Crippen molar-refractivity contribution in [2.75, 3.05) is 7.05 Å². The van der Waals surface area contributed by atoms with E-state index in [9.17, 15) is 14.0 Å². The minimum atomic E-state index is -0.842. The van der Waals surface area contributed by atoms with E-state index in [1.54, 1.807) is 31.3 Å². The van der Waals surface area contributed by atoms with Crippen LogP contribution >= 0.6 is 0 Å². The Labute approximate surface area is 134 Å². The summed E-state index contributed by atoms with van der Waals surface area (Å²) >= 11 is 0. The second-order valence-corrected chi connectivity index (χ2v) is 5.08. The van der Waals surface area contributed by atoms with Crippen molar-refractivity contribution in [3.63, 3.8) is 0 Å². The van der Waals surface area contributed by atoms with Gasteiger partial charge in [-0.1, -0.05) is 42.5 Å². The lowest BCUT2D eigenvalue weighted by Gasteiger charge is -2.26. The van der Waals surface area contributed by atoms with E-state index in [2.05, 4.69) is 5.32 Å². The Balaban J connectivity index is 2.37. The first-order valence-corrected chi connectivity index (χ1v) is 7.22. The number of hydrogen-bond acceptors (Lipinski definition) is 4. The number of ketones is 1. The maximum absolute atomic E-state index is 13.1. The molecule has 2 atom stereocenters. The highest BCUT2D eigenvalue weighted by atomic mass is 19.1. The summed E-state index contributed by atoms with van der Waals surface area (Å²) in [5, 5.41) is 2.90. The summed E-state index contributed by atoms with van der Waals surface area (Å²) in [6.45, 7) is 1.27. The predicted molar refractivity (Wildman–Crippen MR) is 84.5 cm³/mol. The number of likely N-dealkylation sites (N-methyl/N-ethyl adjacent to an activating group) is 1. The van der Waals surface area contributed by atoms with Crippen LogP contribution in [0.3, 0.4) is 0 Å². The Morgan fingerprint density at radius 2 is 1.65 bits per heavy atom. The van der Waals surface area contributed by atoms with Crippen LogP contribution in [0.2, 0.25) is 0 Å². The van der Waals surface area contributed by atoms with Gasteiger partial charge in [0.2, 0.25) is 0 Å². The highest BCUT2D eigenvalue weighted by Gasteiger charge is 2.31. The third-order valence-electron chi connectivity index (χ3n) is 3.45. The van der Waals surface area contributed by atoms with Gasteiger partial charge >= 0.3 is 5.97 Å². The molecule has 0 spiro atoms. The van der Waals surface area contributed by atoms with Crippen molar-refractivity contribution in [1.29, 1.82) is 0 Å². The molecule has 0 aliphatic carbocycles. The number of hydrogen-bond donors (Lipinski definition) is 1. The van der Waals surface area contributed by atoms with Crippen molar-refractivity contribution < 1.29 is 18.7 Å². The number of nitrogens with one attached hydrogen (secondary N) is 1. The van der Waals surface area contributed by atoms with Gasteiger partial charge in [-0.05, 0) is 24.7 Å². The van der Waals surface area contributed by atoms with E-state index in [0.717, 1.165) is 0 Å². The summed E-state index contributed by atoms with van der Waals surface area (Å²) in [6.07, 6.45) is -0.842. The maximum Gasteiger partial charge on any atom is 0.303 e. The third-order valence-corrected chi connectivity index (χ3v) is 3.45. The molecule has 0 radical (unpaired) electrons. The Bertz CT molecular complexity index is 670. The van der Waals surface area contributed by atoms with Crippen LogP contribution in [0.25, 0.3) is 0 Å². The molecule has 23 heavy (non-hydrogen) atoms. The van der Waals surface area contributed by atoms with Gasteiger partial charge in [0.15, 0.2) is 5.78 Å². The number of esters is 1. The van der Waals surface area contributed by atoms with Gasteiger partial charge in [0.05, 0.1) is 0 Å². The van der Waals surface area contributed by atoms with Gasteiger partial charge < -0.3 is 10.1 Å². The van der Waals surface area contributed by atoms with E-state index in [1.807, 2.05) is 6.07 Å². The van der Waals surface area contributed by atoms with Gasteiger partial charge in [0.25, 0.3) is 0 Å². The Kier molecular flexibility index (Phi) is 5.60. The van der Waals surface area contributed by atoms with Crippen LogP contribution in [0.1, 0.15) is 28.9 Å². The van der Waals surface area contributed by atoms with Crippen molar-refractivity contribution in [2.45, 2.75) is 19.1 Å². The molecule has 0 unspecified atom stereocenters. The van der Waals surface area contributed by atoms with E-state index in [-0.39, 0.29) is 5.78 Å². The lowest BCUT2D eigenvalue weighted by molar-refractivity contribution is -0.147. The van der Waals surface area contributed by atoms with Crippen LogP contribution in [-0.2, 0) is 9.53 Å². The monoisotopic (exact) mass is 315 g/mol. The van der Waals surface area contributed by atoms with Crippen LogP contribution in [0.5, 0.6) is 0 Å². The van der Waals surface area contributed by atoms with Crippen LogP contribution in [0.15, 0.2) is 54.6 Å². The van der Waals surface area contributed by atoms with Crippen molar-refractivity contribution in [1.82, 2.24) is 5.32 Å². The number of carbonyl (C=O) groups excluding carboxylic acids is 2. The molecule has 4 nitrogen and oxygen atoms in total. The second kappa shape index (κ2) is 7.65. The SMILES string of the molecule is CN[C@@H](C(=O)c1ccccc1)[C@@H](OC(C)=O)c1ccc(F)cc1. The smallest absolute Gasteiger partial charge is 0.303 e. The number of halogens is 1. The average molecular weight is 315 g/mol. The topological polar surface area (TPSA) is 55.4 Å². The minimum Gasteiger partial charge on any atom is -0.455 e. The van der Waals surface area contributed by atoms with Crippen molar-refractivity contribution in [3.8, 4) is 0 Å². The molecule has 2 rings (SSSR count). The van der Waals surface area contributed by atoms with Crippen LogP contribution < -0.4 is 5.32 Å². The molecule has 0 fully saturated rings.